The Morgan fingerprint density at radius 1 is 0.480 bits per heavy atom. The fourth-order valence-electron chi connectivity index (χ4n) is 4.11. The van der Waals surface area contributed by atoms with Gasteiger partial charge in [0.2, 0.25) is 0 Å². The average molecular weight is 421 g/mol. The predicted octanol–water partition coefficient (Wildman–Crippen LogP) is 5.73. The lowest BCUT2D eigenvalue weighted by Crippen LogP contribution is -2.59. The first kappa shape index (κ1) is 25.7. The molecule has 0 bridgehead atoms. The van der Waals surface area contributed by atoms with Crippen molar-refractivity contribution < 1.29 is 4.74 Å². The molecule has 0 saturated carbocycles. The smallest absolute Gasteiger partial charge is 0.112 e. The van der Waals surface area contributed by atoms with Crippen molar-refractivity contribution in [2.24, 2.45) is 0 Å². The second-order valence-corrected chi connectivity index (χ2v) is 31.7. The summed E-state index contributed by atoms with van der Waals surface area (Å²) in [5, 5.41) is 0. The maximum Gasteiger partial charge on any atom is 0.112 e. The highest BCUT2D eigenvalue weighted by Gasteiger charge is 2.34. The maximum absolute atomic E-state index is 5.99. The first-order valence-electron chi connectivity index (χ1n) is 10.1. The monoisotopic (exact) mass is 420 g/mol. The van der Waals surface area contributed by atoms with Gasteiger partial charge in [0.15, 0.2) is 0 Å². The van der Waals surface area contributed by atoms with Crippen LogP contribution in [-0.4, -0.2) is 67.7 Å². The van der Waals surface area contributed by atoms with E-state index in [0.717, 1.165) is 13.2 Å². The Bertz CT molecular complexity index is 314. The van der Waals surface area contributed by atoms with Gasteiger partial charge in [-0.1, -0.05) is 78.6 Å². The zero-order chi connectivity index (χ0) is 20.1. The Hall–Kier alpha value is 0.748. The molecule has 0 amide bonds. The molecule has 0 radical (unpaired) electrons. The first-order chi connectivity index (χ1) is 11.0. The maximum atomic E-state index is 5.99. The minimum atomic E-state index is -1.21. The normalized spacial score (nSPS) is 14.6. The molecular weight excluding hydrogens is 373 g/mol. The second kappa shape index (κ2) is 9.79. The largest absolute Gasteiger partial charge is 0.381 e. The van der Waals surface area contributed by atoms with Gasteiger partial charge in [0.1, 0.15) is 32.9 Å². The average Bonchev–Trinajstić information content (AvgIpc) is 2.30. The van der Waals surface area contributed by atoms with Gasteiger partial charge in [-0.3, -0.25) is 0 Å². The van der Waals surface area contributed by atoms with E-state index >= 15 is 0 Å². The molecule has 3 nitrogen and oxygen atoms in total. The second-order valence-electron chi connectivity index (χ2n) is 11.3. The van der Waals surface area contributed by atoms with Crippen LogP contribution in [0.4, 0.5) is 0 Å². The SMILES string of the molecule is C[Si](C)(C)N(CCCOCCCN([Si](C)(C)C)[Si](C)(C)C)[Si](C)(C)C. The van der Waals surface area contributed by atoms with Gasteiger partial charge in [0.25, 0.3) is 0 Å². The molecule has 0 atom stereocenters. The van der Waals surface area contributed by atoms with Gasteiger partial charge in [-0.15, -0.1) is 0 Å². The molecule has 0 aliphatic carbocycles. The zero-order valence-electron chi connectivity index (χ0n) is 19.5. The zero-order valence-corrected chi connectivity index (χ0v) is 23.5. The van der Waals surface area contributed by atoms with E-state index in [9.17, 15) is 0 Å². The molecule has 7 heteroatoms. The quantitative estimate of drug-likeness (QED) is 0.296. The van der Waals surface area contributed by atoms with E-state index in [0.29, 0.717) is 0 Å². The lowest BCUT2D eigenvalue weighted by molar-refractivity contribution is 0.126. The van der Waals surface area contributed by atoms with Gasteiger partial charge < -0.3 is 13.2 Å². The summed E-state index contributed by atoms with van der Waals surface area (Å²) >= 11 is 0. The van der Waals surface area contributed by atoms with Crippen LogP contribution in [0.5, 0.6) is 0 Å². The van der Waals surface area contributed by atoms with Crippen LogP contribution in [0.2, 0.25) is 78.6 Å². The first-order valence-corrected chi connectivity index (χ1v) is 23.9. The van der Waals surface area contributed by atoms with E-state index in [1.165, 1.54) is 25.9 Å². The van der Waals surface area contributed by atoms with Gasteiger partial charge in [0.05, 0.1) is 0 Å². The molecule has 0 aromatic heterocycles. The third-order valence-corrected chi connectivity index (χ3v) is 20.0. The highest BCUT2D eigenvalue weighted by atomic mass is 28.4. The Kier molecular flexibility index (Phi) is 10.1. The molecule has 0 aliphatic rings. The van der Waals surface area contributed by atoms with Crippen molar-refractivity contribution in [1.29, 1.82) is 0 Å². The molecule has 0 unspecified atom stereocenters. The van der Waals surface area contributed by atoms with Crippen molar-refractivity contribution in [1.82, 2.24) is 8.46 Å². The predicted molar refractivity (Wildman–Crippen MR) is 127 cm³/mol. The van der Waals surface area contributed by atoms with Crippen LogP contribution < -0.4 is 0 Å². The standard InChI is InChI=1S/C18H48N2OSi4/c1-22(2,3)19(23(4,5)6)15-13-17-21-18-14-16-20(24(7,8)9)25(10,11)12/h13-18H2,1-12H3. The molecule has 25 heavy (non-hydrogen) atoms. The molecule has 0 N–H and O–H groups in total. The summed E-state index contributed by atoms with van der Waals surface area (Å²) in [4.78, 5) is 0. The van der Waals surface area contributed by atoms with E-state index in [1.54, 1.807) is 0 Å². The van der Waals surface area contributed by atoms with Gasteiger partial charge in [-0.05, 0) is 25.9 Å². The van der Waals surface area contributed by atoms with Crippen LogP contribution >= 0.6 is 0 Å². The van der Waals surface area contributed by atoms with Crippen molar-refractivity contribution in [2.45, 2.75) is 91.4 Å². The summed E-state index contributed by atoms with van der Waals surface area (Å²) in [6, 6.07) is 0. The molecular formula is C18H48N2OSi4. The third-order valence-electron chi connectivity index (χ3n) is 4.58. The molecule has 0 aromatic rings. The number of ether oxygens (including phenoxy) is 1. The van der Waals surface area contributed by atoms with Crippen molar-refractivity contribution in [2.75, 3.05) is 26.3 Å². The number of rotatable bonds is 12. The number of hydrogen-bond donors (Lipinski definition) is 0. The molecule has 0 heterocycles. The summed E-state index contributed by atoms with van der Waals surface area (Å²) in [7, 11) is -4.85. The van der Waals surface area contributed by atoms with Crippen LogP contribution in [0.15, 0.2) is 0 Å². The summed E-state index contributed by atoms with van der Waals surface area (Å²) < 4.78 is 11.7. The Morgan fingerprint density at radius 2 is 0.720 bits per heavy atom. The Balaban J connectivity index is 4.19. The molecule has 0 spiro atoms. The van der Waals surface area contributed by atoms with Crippen LogP contribution in [-0.2, 0) is 4.74 Å². The third kappa shape index (κ3) is 10.6. The van der Waals surface area contributed by atoms with Crippen molar-refractivity contribution in [3.05, 3.63) is 0 Å². The van der Waals surface area contributed by atoms with Gasteiger partial charge in [-0.2, -0.15) is 0 Å². The minimum Gasteiger partial charge on any atom is -0.381 e. The topological polar surface area (TPSA) is 15.7 Å². The molecule has 0 saturated heterocycles. The van der Waals surface area contributed by atoms with Crippen LogP contribution in [0.1, 0.15) is 12.8 Å². The molecule has 0 rings (SSSR count). The number of hydrogen-bond acceptors (Lipinski definition) is 3. The van der Waals surface area contributed by atoms with Gasteiger partial charge in [0, 0.05) is 13.2 Å². The van der Waals surface area contributed by atoms with E-state index in [1.807, 2.05) is 0 Å². The lowest BCUT2D eigenvalue weighted by Gasteiger charge is -2.43. The fraction of sp³-hybridized carbons (Fsp3) is 1.00. The summed E-state index contributed by atoms with van der Waals surface area (Å²) in [5.41, 5.74) is 0. The van der Waals surface area contributed by atoms with Gasteiger partial charge >= 0.3 is 0 Å². The highest BCUT2D eigenvalue weighted by Crippen LogP contribution is 2.21. The summed E-state index contributed by atoms with van der Waals surface area (Å²) in [6.07, 6.45) is 2.36. The molecule has 0 aromatic carbocycles. The Labute approximate surface area is 163 Å². The molecule has 0 fully saturated rings. The van der Waals surface area contributed by atoms with Crippen molar-refractivity contribution in [3.8, 4) is 0 Å². The summed E-state index contributed by atoms with van der Waals surface area (Å²) in [5.74, 6) is 0. The highest BCUT2D eigenvalue weighted by molar-refractivity contribution is 6.90. The minimum absolute atomic E-state index is 0.922. The fourth-order valence-corrected chi connectivity index (χ4v) is 23.5. The summed E-state index contributed by atoms with van der Waals surface area (Å²) in [6.45, 7) is 34.0. The number of nitrogens with zero attached hydrogens (tertiary/aromatic N) is 2. The van der Waals surface area contributed by atoms with Crippen LogP contribution in [0.3, 0.4) is 0 Å². The molecule has 0 aliphatic heterocycles. The molecule has 152 valence electrons. The van der Waals surface area contributed by atoms with Crippen LogP contribution in [0, 0.1) is 0 Å². The van der Waals surface area contributed by atoms with Gasteiger partial charge in [-0.25, -0.2) is 0 Å². The van der Waals surface area contributed by atoms with Crippen molar-refractivity contribution in [3.63, 3.8) is 0 Å². The van der Waals surface area contributed by atoms with E-state index in [4.69, 9.17) is 4.74 Å². The van der Waals surface area contributed by atoms with Crippen LogP contribution in [0.25, 0.3) is 0 Å². The van der Waals surface area contributed by atoms with E-state index < -0.39 is 32.9 Å². The van der Waals surface area contributed by atoms with Crippen molar-refractivity contribution >= 4 is 32.9 Å². The lowest BCUT2D eigenvalue weighted by atomic mass is 10.4. The Morgan fingerprint density at radius 3 is 0.920 bits per heavy atom. The van der Waals surface area contributed by atoms with E-state index in [-0.39, 0.29) is 0 Å². The van der Waals surface area contributed by atoms with E-state index in [2.05, 4.69) is 87.0 Å².